The first kappa shape index (κ1) is 20.5. The summed E-state index contributed by atoms with van der Waals surface area (Å²) >= 11 is 6.17. The van der Waals surface area contributed by atoms with Gasteiger partial charge in [0.15, 0.2) is 0 Å². The van der Waals surface area contributed by atoms with Crippen LogP contribution in [0.15, 0.2) is 29.2 Å². The highest BCUT2D eigenvalue weighted by Gasteiger charge is 2.33. The van der Waals surface area contributed by atoms with Crippen LogP contribution in [0, 0.1) is 10.1 Å². The number of nitro groups is 1. The molecule has 1 aliphatic heterocycles. The number of aliphatic carboxylic acids is 1. The molecule has 1 heterocycles. The molecule has 1 saturated heterocycles. The number of rotatable bonds is 8. The van der Waals surface area contributed by atoms with Gasteiger partial charge in [-0.25, -0.2) is 0 Å². The molecule has 0 spiro atoms. The summed E-state index contributed by atoms with van der Waals surface area (Å²) in [5.74, 6) is -1.81. The van der Waals surface area contributed by atoms with Crippen molar-refractivity contribution in [1.29, 1.82) is 0 Å². The minimum absolute atomic E-state index is 0.0562. The molecule has 1 aromatic rings. The van der Waals surface area contributed by atoms with Crippen LogP contribution in [0.4, 0.5) is 5.69 Å². The number of nitrogens with zero attached hydrogens (tertiary/aromatic N) is 2. The van der Waals surface area contributed by atoms with Crippen LogP contribution < -0.4 is 5.32 Å². The summed E-state index contributed by atoms with van der Waals surface area (Å²) in [5.41, 5.74) is 0.540. The lowest BCUT2D eigenvalue weighted by molar-refractivity contribution is -0.384. The zero-order valence-corrected chi connectivity index (χ0v) is 15.5. The first-order valence-electron chi connectivity index (χ1n) is 7.76. The van der Waals surface area contributed by atoms with Gasteiger partial charge in [0, 0.05) is 25.1 Å². The molecule has 142 valence electrons. The zero-order valence-electron chi connectivity index (χ0n) is 13.9. The van der Waals surface area contributed by atoms with Gasteiger partial charge in [-0.2, -0.15) is 0 Å². The van der Waals surface area contributed by atoms with Gasteiger partial charge in [-0.1, -0.05) is 24.0 Å². The number of carboxylic acid groups (broad SMARTS) is 1. The van der Waals surface area contributed by atoms with Crippen LogP contribution in [0.1, 0.15) is 18.4 Å². The van der Waals surface area contributed by atoms with Gasteiger partial charge in [-0.3, -0.25) is 29.4 Å². The number of carbonyl (C=O) groups excluding carboxylic acids is 2. The van der Waals surface area contributed by atoms with E-state index in [1.165, 1.54) is 24.3 Å². The molecule has 27 heavy (non-hydrogen) atoms. The van der Waals surface area contributed by atoms with Gasteiger partial charge in [0.25, 0.3) is 11.6 Å². The third-order valence-corrected chi connectivity index (χ3v) is 4.84. The van der Waals surface area contributed by atoms with Gasteiger partial charge in [0.2, 0.25) is 5.91 Å². The fourth-order valence-corrected chi connectivity index (χ4v) is 3.40. The lowest BCUT2D eigenvalue weighted by Crippen LogP contribution is -2.39. The van der Waals surface area contributed by atoms with E-state index in [9.17, 15) is 24.5 Å². The number of hydrogen-bond donors (Lipinski definition) is 2. The van der Waals surface area contributed by atoms with Crippen molar-refractivity contribution in [2.24, 2.45) is 0 Å². The average Bonchev–Trinajstić information content (AvgIpc) is 2.86. The number of amides is 2. The highest BCUT2D eigenvalue weighted by atomic mass is 32.2. The fourth-order valence-electron chi connectivity index (χ4n) is 2.15. The Morgan fingerprint density at radius 3 is 2.59 bits per heavy atom. The second-order valence-corrected chi connectivity index (χ2v) is 7.14. The molecule has 9 nitrogen and oxygen atoms in total. The number of nitro benzene ring substituents is 1. The van der Waals surface area contributed by atoms with Crippen molar-refractivity contribution >= 4 is 57.8 Å². The molecule has 0 atom stereocenters. The van der Waals surface area contributed by atoms with Crippen molar-refractivity contribution in [2.45, 2.75) is 12.8 Å². The van der Waals surface area contributed by atoms with Crippen molar-refractivity contribution in [1.82, 2.24) is 10.2 Å². The van der Waals surface area contributed by atoms with E-state index in [0.717, 1.165) is 16.7 Å². The molecule has 0 unspecified atom stereocenters. The standard InChI is InChI=1S/C16H15N3O6S2/c20-13(17-7-1-2-14(21)22)9-18-15(23)12(27-16(18)26)8-10-3-5-11(6-4-10)19(24)25/h3-6,8H,1-2,7,9H2,(H,17,20)(H,21,22)/b12-8-. The second kappa shape index (κ2) is 9.24. The number of hydrogen-bond acceptors (Lipinski definition) is 7. The van der Waals surface area contributed by atoms with E-state index >= 15 is 0 Å². The van der Waals surface area contributed by atoms with Gasteiger partial charge in [-0.15, -0.1) is 0 Å². The van der Waals surface area contributed by atoms with Crippen LogP contribution in [0.2, 0.25) is 0 Å². The maximum Gasteiger partial charge on any atom is 0.303 e. The predicted octanol–water partition coefficient (Wildman–Crippen LogP) is 1.78. The van der Waals surface area contributed by atoms with Crippen LogP contribution in [0.25, 0.3) is 6.08 Å². The van der Waals surface area contributed by atoms with Crippen LogP contribution >= 0.6 is 24.0 Å². The summed E-state index contributed by atoms with van der Waals surface area (Å²) in [5, 5.41) is 21.8. The highest BCUT2D eigenvalue weighted by molar-refractivity contribution is 8.26. The molecule has 0 aliphatic carbocycles. The van der Waals surface area contributed by atoms with Gasteiger partial charge >= 0.3 is 5.97 Å². The highest BCUT2D eigenvalue weighted by Crippen LogP contribution is 2.32. The van der Waals surface area contributed by atoms with E-state index in [-0.39, 0.29) is 29.5 Å². The summed E-state index contributed by atoms with van der Waals surface area (Å²) in [6.45, 7) is -0.0616. The molecule has 0 radical (unpaired) electrons. The topological polar surface area (TPSA) is 130 Å². The summed E-state index contributed by atoms with van der Waals surface area (Å²) in [6, 6.07) is 5.69. The van der Waals surface area contributed by atoms with E-state index in [4.69, 9.17) is 17.3 Å². The van der Waals surface area contributed by atoms with Crippen LogP contribution in [-0.2, 0) is 14.4 Å². The number of benzene rings is 1. The Hall–Kier alpha value is -2.79. The number of thiocarbonyl (C=S) groups is 1. The number of carbonyl (C=O) groups is 3. The van der Waals surface area contributed by atoms with Gasteiger partial charge in [0.05, 0.1) is 9.83 Å². The van der Waals surface area contributed by atoms with Crippen molar-refractivity contribution in [3.05, 3.63) is 44.8 Å². The lowest BCUT2D eigenvalue weighted by atomic mass is 10.2. The van der Waals surface area contributed by atoms with Gasteiger partial charge < -0.3 is 10.4 Å². The van der Waals surface area contributed by atoms with Gasteiger partial charge in [-0.05, 0) is 30.2 Å². The molecule has 0 saturated carbocycles. The van der Waals surface area contributed by atoms with E-state index in [0.29, 0.717) is 16.9 Å². The molecule has 0 aromatic heterocycles. The Bertz CT molecular complexity index is 822. The Morgan fingerprint density at radius 1 is 1.33 bits per heavy atom. The molecule has 2 N–H and O–H groups in total. The number of thioether (sulfide) groups is 1. The smallest absolute Gasteiger partial charge is 0.303 e. The molecule has 1 aromatic carbocycles. The maximum absolute atomic E-state index is 12.4. The van der Waals surface area contributed by atoms with Crippen molar-refractivity contribution in [3.8, 4) is 0 Å². The van der Waals surface area contributed by atoms with E-state index < -0.39 is 22.7 Å². The van der Waals surface area contributed by atoms with Crippen LogP contribution in [-0.4, -0.2) is 50.1 Å². The SMILES string of the molecule is O=C(O)CCCNC(=O)CN1C(=O)/C(=C/c2ccc([N+](=O)[O-])cc2)SC1=S. The third kappa shape index (κ3) is 5.86. The largest absolute Gasteiger partial charge is 0.481 e. The summed E-state index contributed by atoms with van der Waals surface area (Å²) < 4.78 is 0.230. The van der Waals surface area contributed by atoms with E-state index in [1.807, 2.05) is 0 Å². The summed E-state index contributed by atoms with van der Waals surface area (Å²) in [6.07, 6.45) is 1.78. The van der Waals surface area contributed by atoms with E-state index in [1.54, 1.807) is 6.08 Å². The van der Waals surface area contributed by atoms with Crippen molar-refractivity contribution in [3.63, 3.8) is 0 Å². The van der Waals surface area contributed by atoms with Crippen LogP contribution in [0.3, 0.4) is 0 Å². The first-order valence-corrected chi connectivity index (χ1v) is 8.98. The lowest BCUT2D eigenvalue weighted by Gasteiger charge is -2.13. The molecular weight excluding hydrogens is 394 g/mol. The molecule has 2 amide bonds. The molecule has 11 heteroatoms. The monoisotopic (exact) mass is 409 g/mol. The number of nitrogens with one attached hydrogen (secondary N) is 1. The Balaban J connectivity index is 1.96. The summed E-state index contributed by atoms with van der Waals surface area (Å²) in [7, 11) is 0. The quantitative estimate of drug-likeness (QED) is 0.218. The molecule has 0 bridgehead atoms. The average molecular weight is 409 g/mol. The third-order valence-electron chi connectivity index (χ3n) is 3.47. The summed E-state index contributed by atoms with van der Waals surface area (Å²) in [4.78, 5) is 46.4. The predicted molar refractivity (Wildman–Crippen MR) is 103 cm³/mol. The molecule has 1 aliphatic rings. The minimum atomic E-state index is -0.947. The normalized spacial score (nSPS) is 15.3. The maximum atomic E-state index is 12.4. The number of carboxylic acids is 1. The first-order chi connectivity index (χ1) is 12.8. The Labute approximate surface area is 163 Å². The fraction of sp³-hybridized carbons (Fsp3) is 0.250. The number of non-ortho nitro benzene ring substituents is 1. The Kier molecular flexibility index (Phi) is 7.02. The minimum Gasteiger partial charge on any atom is -0.481 e. The van der Waals surface area contributed by atoms with Crippen LogP contribution in [0.5, 0.6) is 0 Å². The molecule has 1 fully saturated rings. The second-order valence-electron chi connectivity index (χ2n) is 5.46. The van der Waals surface area contributed by atoms with Crippen molar-refractivity contribution in [2.75, 3.05) is 13.1 Å². The zero-order chi connectivity index (χ0) is 20.0. The van der Waals surface area contributed by atoms with Crippen molar-refractivity contribution < 1.29 is 24.4 Å². The molecule has 2 rings (SSSR count). The molecular formula is C16H15N3O6S2. The Morgan fingerprint density at radius 2 is 2.00 bits per heavy atom. The van der Waals surface area contributed by atoms with E-state index in [2.05, 4.69) is 5.32 Å². The van der Waals surface area contributed by atoms with Gasteiger partial charge in [0.1, 0.15) is 10.9 Å².